The minimum Gasteiger partial charge on any atom is -0.481 e. The highest BCUT2D eigenvalue weighted by Gasteiger charge is 2.39. The van der Waals surface area contributed by atoms with Crippen molar-refractivity contribution in [3.05, 3.63) is 35.9 Å². The van der Waals surface area contributed by atoms with Crippen LogP contribution in [0.3, 0.4) is 0 Å². The van der Waals surface area contributed by atoms with Gasteiger partial charge in [-0.25, -0.2) is 0 Å². The van der Waals surface area contributed by atoms with Gasteiger partial charge in [0.05, 0.1) is 17.9 Å². The Labute approximate surface area is 130 Å². The van der Waals surface area contributed by atoms with Crippen LogP contribution < -0.4 is 5.32 Å². The Morgan fingerprint density at radius 3 is 2.50 bits per heavy atom. The maximum absolute atomic E-state index is 12.0. The van der Waals surface area contributed by atoms with E-state index in [0.29, 0.717) is 12.8 Å². The van der Waals surface area contributed by atoms with E-state index in [1.165, 1.54) is 0 Å². The fourth-order valence-corrected chi connectivity index (χ4v) is 2.76. The fraction of sp³-hybridized carbons (Fsp3) is 0.529. The molecule has 1 aliphatic carbocycles. The molecule has 5 heteroatoms. The number of rotatable bonds is 8. The first-order valence-electron chi connectivity index (χ1n) is 7.63. The van der Waals surface area contributed by atoms with Crippen LogP contribution >= 0.6 is 0 Å². The van der Waals surface area contributed by atoms with E-state index in [-0.39, 0.29) is 18.1 Å². The minimum atomic E-state index is -0.894. The predicted molar refractivity (Wildman–Crippen MR) is 82.5 cm³/mol. The van der Waals surface area contributed by atoms with E-state index < -0.39 is 11.9 Å². The number of carboxylic acid groups (broad SMARTS) is 1. The van der Waals surface area contributed by atoms with Gasteiger partial charge >= 0.3 is 5.97 Å². The summed E-state index contributed by atoms with van der Waals surface area (Å²) in [4.78, 5) is 23.4. The van der Waals surface area contributed by atoms with Gasteiger partial charge in [0.25, 0.3) is 0 Å². The number of amides is 1. The van der Waals surface area contributed by atoms with Gasteiger partial charge in [-0.15, -0.1) is 0 Å². The van der Waals surface area contributed by atoms with Crippen molar-refractivity contribution in [2.24, 2.45) is 5.92 Å². The molecular weight excluding hydrogens is 282 g/mol. The lowest BCUT2D eigenvalue weighted by Crippen LogP contribution is -2.45. The maximum Gasteiger partial charge on any atom is 0.308 e. The molecule has 1 unspecified atom stereocenters. The first-order valence-corrected chi connectivity index (χ1v) is 7.63. The molecule has 0 aromatic heterocycles. The molecule has 22 heavy (non-hydrogen) atoms. The van der Waals surface area contributed by atoms with Gasteiger partial charge < -0.3 is 15.2 Å². The van der Waals surface area contributed by atoms with Crippen molar-refractivity contribution in [2.75, 3.05) is 13.7 Å². The molecule has 1 aliphatic rings. The largest absolute Gasteiger partial charge is 0.481 e. The Bertz CT molecular complexity index is 505. The zero-order valence-electron chi connectivity index (χ0n) is 12.9. The van der Waals surface area contributed by atoms with E-state index in [4.69, 9.17) is 4.74 Å². The number of carbonyl (C=O) groups is 2. The molecule has 1 aromatic carbocycles. The van der Waals surface area contributed by atoms with Crippen LogP contribution in [0.2, 0.25) is 0 Å². The first-order chi connectivity index (χ1) is 10.5. The molecule has 1 fully saturated rings. The molecule has 120 valence electrons. The Balaban J connectivity index is 1.84. The molecular formula is C17H23NO4. The Kier molecular flexibility index (Phi) is 5.55. The zero-order valence-corrected chi connectivity index (χ0v) is 12.9. The van der Waals surface area contributed by atoms with Crippen molar-refractivity contribution in [3.63, 3.8) is 0 Å². The van der Waals surface area contributed by atoms with Crippen LogP contribution in [0.25, 0.3) is 0 Å². The second kappa shape index (κ2) is 7.40. The average Bonchev–Trinajstić information content (AvgIpc) is 2.48. The summed E-state index contributed by atoms with van der Waals surface area (Å²) in [5.41, 5.74) is 0.624. The van der Waals surface area contributed by atoms with Crippen molar-refractivity contribution in [1.82, 2.24) is 5.32 Å². The van der Waals surface area contributed by atoms with Crippen LogP contribution in [0.15, 0.2) is 30.3 Å². The number of hydrogen-bond acceptors (Lipinski definition) is 3. The molecule has 0 radical (unpaired) electrons. The SMILES string of the molecule is COC1(CC(=O)NCC(Cc2ccccc2)C(=O)O)CCC1. The van der Waals surface area contributed by atoms with E-state index in [1.54, 1.807) is 7.11 Å². The van der Waals surface area contributed by atoms with Gasteiger partial charge in [0.1, 0.15) is 0 Å². The topological polar surface area (TPSA) is 75.6 Å². The molecule has 1 amide bonds. The monoisotopic (exact) mass is 305 g/mol. The standard InChI is InChI=1S/C17H23NO4/c1-22-17(8-5-9-17)11-15(19)18-12-14(16(20)21)10-13-6-3-2-4-7-13/h2-4,6-7,14H,5,8-12H2,1H3,(H,18,19)(H,20,21). The number of methoxy groups -OCH3 is 1. The molecule has 1 aromatic rings. The Morgan fingerprint density at radius 1 is 1.32 bits per heavy atom. The van der Waals surface area contributed by atoms with Crippen LogP contribution in [0, 0.1) is 5.92 Å². The highest BCUT2D eigenvalue weighted by molar-refractivity contribution is 5.78. The van der Waals surface area contributed by atoms with Crippen LogP contribution in [0.1, 0.15) is 31.2 Å². The van der Waals surface area contributed by atoms with E-state index in [9.17, 15) is 14.7 Å². The van der Waals surface area contributed by atoms with E-state index in [2.05, 4.69) is 5.32 Å². The highest BCUT2D eigenvalue weighted by Crippen LogP contribution is 2.37. The molecule has 2 N–H and O–H groups in total. The van der Waals surface area contributed by atoms with Crippen molar-refractivity contribution in [3.8, 4) is 0 Å². The number of nitrogens with one attached hydrogen (secondary N) is 1. The van der Waals surface area contributed by atoms with Gasteiger partial charge in [0.2, 0.25) is 5.91 Å². The summed E-state index contributed by atoms with van der Waals surface area (Å²) in [5.74, 6) is -1.65. The summed E-state index contributed by atoms with van der Waals surface area (Å²) >= 11 is 0. The Hall–Kier alpha value is -1.88. The third-order valence-corrected chi connectivity index (χ3v) is 4.40. The molecule has 0 bridgehead atoms. The lowest BCUT2D eigenvalue weighted by Gasteiger charge is -2.40. The van der Waals surface area contributed by atoms with Crippen molar-refractivity contribution in [1.29, 1.82) is 0 Å². The zero-order chi connectivity index (χ0) is 16.0. The van der Waals surface area contributed by atoms with E-state index in [1.807, 2.05) is 30.3 Å². The van der Waals surface area contributed by atoms with Crippen LogP contribution in [0.5, 0.6) is 0 Å². The van der Waals surface area contributed by atoms with Gasteiger partial charge in [-0.1, -0.05) is 30.3 Å². The summed E-state index contributed by atoms with van der Waals surface area (Å²) in [6.45, 7) is 0.142. The molecule has 1 saturated carbocycles. The second-order valence-corrected chi connectivity index (χ2v) is 5.95. The van der Waals surface area contributed by atoms with Gasteiger partial charge in [-0.3, -0.25) is 9.59 Å². The lowest BCUT2D eigenvalue weighted by molar-refractivity contribution is -0.142. The highest BCUT2D eigenvalue weighted by atomic mass is 16.5. The van der Waals surface area contributed by atoms with Crippen LogP contribution in [-0.4, -0.2) is 36.2 Å². The fourth-order valence-electron chi connectivity index (χ4n) is 2.76. The van der Waals surface area contributed by atoms with E-state index in [0.717, 1.165) is 24.8 Å². The maximum atomic E-state index is 12.0. The van der Waals surface area contributed by atoms with Gasteiger partial charge in [0, 0.05) is 13.7 Å². The van der Waals surface area contributed by atoms with E-state index >= 15 is 0 Å². The third-order valence-electron chi connectivity index (χ3n) is 4.40. The van der Waals surface area contributed by atoms with Crippen molar-refractivity contribution in [2.45, 2.75) is 37.7 Å². The van der Waals surface area contributed by atoms with Crippen molar-refractivity contribution < 1.29 is 19.4 Å². The molecule has 2 rings (SSSR count). The summed E-state index contributed by atoms with van der Waals surface area (Å²) in [6, 6.07) is 9.44. The number of hydrogen-bond donors (Lipinski definition) is 2. The summed E-state index contributed by atoms with van der Waals surface area (Å²) < 4.78 is 5.42. The van der Waals surface area contributed by atoms with Gasteiger partial charge in [-0.2, -0.15) is 0 Å². The number of carboxylic acids is 1. The number of ether oxygens (including phenoxy) is 1. The average molecular weight is 305 g/mol. The normalized spacial score (nSPS) is 17.3. The van der Waals surface area contributed by atoms with Crippen LogP contribution in [0.4, 0.5) is 0 Å². The lowest BCUT2D eigenvalue weighted by atomic mass is 9.77. The second-order valence-electron chi connectivity index (χ2n) is 5.95. The summed E-state index contributed by atoms with van der Waals surface area (Å²) in [6.07, 6.45) is 3.58. The molecule has 0 heterocycles. The number of aliphatic carboxylic acids is 1. The summed E-state index contributed by atoms with van der Waals surface area (Å²) in [5, 5.41) is 12.1. The molecule has 0 saturated heterocycles. The predicted octanol–water partition coefficient (Wildman–Crippen LogP) is 2.01. The Morgan fingerprint density at radius 2 is 2.00 bits per heavy atom. The van der Waals surface area contributed by atoms with Crippen molar-refractivity contribution >= 4 is 11.9 Å². The smallest absolute Gasteiger partial charge is 0.308 e. The third kappa shape index (κ3) is 4.31. The van der Waals surface area contributed by atoms with Crippen LogP contribution in [-0.2, 0) is 20.7 Å². The minimum absolute atomic E-state index is 0.138. The quantitative estimate of drug-likeness (QED) is 0.770. The molecule has 0 spiro atoms. The molecule has 0 aliphatic heterocycles. The number of carbonyl (C=O) groups excluding carboxylic acids is 1. The summed E-state index contributed by atoms with van der Waals surface area (Å²) in [7, 11) is 1.63. The first kappa shape index (κ1) is 16.5. The van der Waals surface area contributed by atoms with Gasteiger partial charge in [0.15, 0.2) is 0 Å². The van der Waals surface area contributed by atoms with Gasteiger partial charge in [-0.05, 0) is 31.2 Å². The number of benzene rings is 1. The molecule has 5 nitrogen and oxygen atoms in total. The molecule has 1 atom stereocenters.